The average Bonchev–Trinajstić information content (AvgIpc) is 2.28. The lowest BCUT2D eigenvalue weighted by molar-refractivity contribution is 0.995. The van der Waals surface area contributed by atoms with Gasteiger partial charge in [0, 0.05) is 5.92 Å². The topological polar surface area (TPSA) is 0 Å². The fourth-order valence-electron chi connectivity index (χ4n) is 1.46. The molecule has 0 nitrogen and oxygen atoms in total. The maximum absolute atomic E-state index is 2.20. The summed E-state index contributed by atoms with van der Waals surface area (Å²) in [5.41, 5.74) is 1.35. The summed E-state index contributed by atoms with van der Waals surface area (Å²) >= 11 is 0. The lowest BCUT2D eigenvalue weighted by Gasteiger charge is -2.11. The third kappa shape index (κ3) is 1.97. The van der Waals surface area contributed by atoms with Crippen molar-refractivity contribution in [2.45, 2.75) is 0 Å². The maximum atomic E-state index is 2.20. The van der Waals surface area contributed by atoms with E-state index in [1.165, 1.54) is 5.57 Å². The predicted molar refractivity (Wildman–Crippen MR) is 57.3 cm³/mol. The van der Waals surface area contributed by atoms with Crippen LogP contribution in [0.5, 0.6) is 0 Å². The number of hydrogen-bond donors (Lipinski definition) is 0. The molecule has 0 amide bonds. The number of allylic oxidation sites excluding steroid dienone is 12. The van der Waals surface area contributed by atoms with Gasteiger partial charge in [0.15, 0.2) is 0 Å². The Hall–Kier alpha value is -1.56. The predicted octanol–water partition coefficient (Wildman–Crippen LogP) is 3.34. The highest BCUT2D eigenvalue weighted by Gasteiger charge is 2.05. The van der Waals surface area contributed by atoms with Gasteiger partial charge in [0.2, 0.25) is 0 Å². The molecule has 0 bridgehead atoms. The van der Waals surface area contributed by atoms with E-state index in [2.05, 4.69) is 54.7 Å². The van der Waals surface area contributed by atoms with Crippen LogP contribution in [0.2, 0.25) is 0 Å². The van der Waals surface area contributed by atoms with Crippen LogP contribution in [-0.4, -0.2) is 0 Å². The van der Waals surface area contributed by atoms with E-state index in [0.29, 0.717) is 5.92 Å². The summed E-state index contributed by atoms with van der Waals surface area (Å²) in [4.78, 5) is 0. The third-order valence-electron chi connectivity index (χ3n) is 2.15. The van der Waals surface area contributed by atoms with Gasteiger partial charge in [-0.05, 0) is 5.57 Å². The molecule has 1 unspecified atom stereocenters. The van der Waals surface area contributed by atoms with Crippen molar-refractivity contribution in [3.8, 4) is 0 Å². The Bertz CT molecular complexity index is 346. The van der Waals surface area contributed by atoms with Crippen molar-refractivity contribution in [1.29, 1.82) is 0 Å². The summed E-state index contributed by atoms with van der Waals surface area (Å²) in [7, 11) is 0. The number of hydrogen-bond acceptors (Lipinski definition) is 0. The van der Waals surface area contributed by atoms with E-state index in [9.17, 15) is 0 Å². The highest BCUT2D eigenvalue weighted by molar-refractivity contribution is 5.40. The van der Waals surface area contributed by atoms with Gasteiger partial charge in [-0.1, -0.05) is 66.8 Å². The SMILES string of the molecule is C1=C\C2=C/C=C\C=C\C=C/C2C=C1. The van der Waals surface area contributed by atoms with E-state index in [-0.39, 0.29) is 0 Å². The monoisotopic (exact) mass is 168 g/mol. The summed E-state index contributed by atoms with van der Waals surface area (Å²) in [6.45, 7) is 0. The van der Waals surface area contributed by atoms with Crippen molar-refractivity contribution in [2.75, 3.05) is 0 Å². The summed E-state index contributed by atoms with van der Waals surface area (Å²) in [6.07, 6.45) is 23.2. The summed E-state index contributed by atoms with van der Waals surface area (Å²) in [6, 6.07) is 0. The van der Waals surface area contributed by atoms with E-state index in [0.717, 1.165) is 0 Å². The molecule has 0 saturated carbocycles. The first-order valence-corrected chi connectivity index (χ1v) is 4.53. The molecule has 0 spiro atoms. The number of rotatable bonds is 0. The van der Waals surface area contributed by atoms with Gasteiger partial charge in [0.05, 0.1) is 0 Å². The normalized spacial score (nSPS) is 36.0. The Morgan fingerprint density at radius 1 is 0.692 bits per heavy atom. The van der Waals surface area contributed by atoms with E-state index in [4.69, 9.17) is 0 Å². The minimum absolute atomic E-state index is 0.442. The van der Waals surface area contributed by atoms with Gasteiger partial charge in [0.25, 0.3) is 0 Å². The molecule has 0 fully saturated rings. The lowest BCUT2D eigenvalue weighted by atomic mass is 9.94. The second kappa shape index (κ2) is 3.90. The Labute approximate surface area is 79.0 Å². The minimum Gasteiger partial charge on any atom is -0.0732 e. The van der Waals surface area contributed by atoms with Gasteiger partial charge in [-0.25, -0.2) is 0 Å². The van der Waals surface area contributed by atoms with Gasteiger partial charge in [-0.2, -0.15) is 0 Å². The van der Waals surface area contributed by atoms with Crippen molar-refractivity contribution >= 4 is 0 Å². The average molecular weight is 168 g/mol. The first-order chi connectivity index (χ1) is 6.47. The van der Waals surface area contributed by atoms with Gasteiger partial charge >= 0.3 is 0 Å². The molecular weight excluding hydrogens is 156 g/mol. The lowest BCUT2D eigenvalue weighted by Crippen LogP contribution is -1.97. The highest BCUT2D eigenvalue weighted by atomic mass is 14.1. The van der Waals surface area contributed by atoms with Crippen LogP contribution in [0.3, 0.4) is 0 Å². The van der Waals surface area contributed by atoms with E-state index in [1.807, 2.05) is 12.2 Å². The van der Waals surface area contributed by atoms with Crippen molar-refractivity contribution in [1.82, 2.24) is 0 Å². The molecule has 0 N–H and O–H groups in total. The molecule has 0 aliphatic heterocycles. The van der Waals surface area contributed by atoms with Crippen molar-refractivity contribution in [2.24, 2.45) is 5.92 Å². The molecule has 64 valence electrons. The van der Waals surface area contributed by atoms with Crippen LogP contribution >= 0.6 is 0 Å². The Morgan fingerprint density at radius 2 is 1.38 bits per heavy atom. The van der Waals surface area contributed by atoms with Crippen LogP contribution in [0.4, 0.5) is 0 Å². The first-order valence-electron chi connectivity index (χ1n) is 4.53. The minimum atomic E-state index is 0.442. The molecule has 0 heterocycles. The molecule has 0 aromatic carbocycles. The molecule has 2 rings (SSSR count). The molecule has 2 aliphatic carbocycles. The zero-order valence-corrected chi connectivity index (χ0v) is 7.43. The van der Waals surface area contributed by atoms with Crippen LogP contribution in [0.15, 0.2) is 72.4 Å². The fourth-order valence-corrected chi connectivity index (χ4v) is 1.46. The Balaban J connectivity index is 2.35. The molecular formula is C13H12. The van der Waals surface area contributed by atoms with Crippen molar-refractivity contribution in [3.63, 3.8) is 0 Å². The summed E-state index contributed by atoms with van der Waals surface area (Å²) in [5, 5.41) is 0. The third-order valence-corrected chi connectivity index (χ3v) is 2.15. The quantitative estimate of drug-likeness (QED) is 0.520. The summed E-state index contributed by atoms with van der Waals surface area (Å²) < 4.78 is 0. The van der Waals surface area contributed by atoms with Crippen molar-refractivity contribution < 1.29 is 0 Å². The molecule has 0 radical (unpaired) electrons. The number of fused-ring (bicyclic) bond motifs is 1. The van der Waals surface area contributed by atoms with Gasteiger partial charge in [0.1, 0.15) is 0 Å². The molecule has 2 aliphatic rings. The van der Waals surface area contributed by atoms with E-state index < -0.39 is 0 Å². The Kier molecular flexibility index (Phi) is 2.42. The maximum Gasteiger partial charge on any atom is 0.0204 e. The zero-order valence-electron chi connectivity index (χ0n) is 7.43. The zero-order chi connectivity index (χ0) is 8.93. The van der Waals surface area contributed by atoms with Crippen LogP contribution in [0.1, 0.15) is 0 Å². The second-order valence-corrected chi connectivity index (χ2v) is 3.09. The molecule has 0 heteroatoms. The molecule has 0 aromatic heterocycles. The highest BCUT2D eigenvalue weighted by Crippen LogP contribution is 2.20. The Morgan fingerprint density at radius 3 is 2.31 bits per heavy atom. The van der Waals surface area contributed by atoms with Gasteiger partial charge < -0.3 is 0 Å². The molecule has 0 saturated heterocycles. The molecule has 13 heavy (non-hydrogen) atoms. The second-order valence-electron chi connectivity index (χ2n) is 3.09. The van der Waals surface area contributed by atoms with Gasteiger partial charge in [-0.15, -0.1) is 0 Å². The van der Waals surface area contributed by atoms with E-state index in [1.54, 1.807) is 0 Å². The van der Waals surface area contributed by atoms with Crippen LogP contribution in [0.25, 0.3) is 0 Å². The van der Waals surface area contributed by atoms with Gasteiger partial charge in [-0.3, -0.25) is 0 Å². The van der Waals surface area contributed by atoms with Crippen molar-refractivity contribution in [3.05, 3.63) is 72.4 Å². The summed E-state index contributed by atoms with van der Waals surface area (Å²) in [5.74, 6) is 0.442. The first kappa shape index (κ1) is 8.06. The molecule has 1 atom stereocenters. The van der Waals surface area contributed by atoms with Crippen LogP contribution in [0, 0.1) is 5.92 Å². The van der Waals surface area contributed by atoms with Crippen LogP contribution < -0.4 is 0 Å². The van der Waals surface area contributed by atoms with E-state index >= 15 is 0 Å². The fraction of sp³-hybridized carbons (Fsp3) is 0.0769. The molecule has 0 aromatic rings. The largest absolute Gasteiger partial charge is 0.0732 e. The standard InChI is InChI=1S/C13H12/c1-2-4-8-12-10-6-7-11-13(12)9-5-3-1/h1-12H/b2-1+,5-3-,8-4-,13-9+. The van der Waals surface area contributed by atoms with Crippen LogP contribution in [-0.2, 0) is 0 Å². The smallest absolute Gasteiger partial charge is 0.0204 e.